The van der Waals surface area contributed by atoms with Crippen molar-refractivity contribution in [3.8, 4) is 10.6 Å². The molecule has 1 aromatic heterocycles. The molecule has 0 bridgehead atoms. The summed E-state index contributed by atoms with van der Waals surface area (Å²) in [6.45, 7) is 4.08. The zero-order valence-electron chi connectivity index (χ0n) is 8.89. The van der Waals surface area contributed by atoms with Crippen molar-refractivity contribution < 1.29 is 5.11 Å². The van der Waals surface area contributed by atoms with Crippen LogP contribution < -0.4 is 0 Å². The van der Waals surface area contributed by atoms with Crippen LogP contribution >= 0.6 is 11.3 Å². The smallest absolute Gasteiger partial charge is 0.123 e. The van der Waals surface area contributed by atoms with Crippen LogP contribution in [0.2, 0.25) is 0 Å². The highest BCUT2D eigenvalue weighted by Crippen LogP contribution is 2.24. The predicted molar refractivity (Wildman–Crippen MR) is 68.3 cm³/mol. The van der Waals surface area contributed by atoms with Crippen LogP contribution in [0.5, 0.6) is 0 Å². The fraction of sp³-hybridized carbons (Fsp3) is 0.154. The zero-order valence-corrected chi connectivity index (χ0v) is 9.70. The van der Waals surface area contributed by atoms with Crippen molar-refractivity contribution in [3.63, 3.8) is 0 Å². The van der Waals surface area contributed by atoms with Gasteiger partial charge in [-0.3, -0.25) is 0 Å². The van der Waals surface area contributed by atoms with E-state index in [-0.39, 0.29) is 6.61 Å². The van der Waals surface area contributed by atoms with Gasteiger partial charge in [-0.1, -0.05) is 30.8 Å². The minimum atomic E-state index is 0.146. The first-order valence-corrected chi connectivity index (χ1v) is 5.98. The Kier molecular flexibility index (Phi) is 3.49. The van der Waals surface area contributed by atoms with Gasteiger partial charge in [0.2, 0.25) is 0 Å². The average Bonchev–Trinajstić information content (AvgIpc) is 2.83. The molecule has 82 valence electrons. The maximum Gasteiger partial charge on any atom is 0.123 e. The minimum Gasteiger partial charge on any atom is -0.396 e. The Morgan fingerprint density at radius 3 is 2.62 bits per heavy atom. The normalized spacial score (nSPS) is 10.3. The molecule has 2 nitrogen and oxygen atoms in total. The monoisotopic (exact) mass is 231 g/mol. The molecule has 0 aliphatic carbocycles. The Bertz CT molecular complexity index is 459. The van der Waals surface area contributed by atoms with Crippen LogP contribution in [0.25, 0.3) is 16.1 Å². The van der Waals surface area contributed by atoms with Crippen molar-refractivity contribution in [1.29, 1.82) is 0 Å². The Labute approximate surface area is 98.9 Å². The highest BCUT2D eigenvalue weighted by atomic mass is 32.1. The fourth-order valence-corrected chi connectivity index (χ4v) is 2.14. The second-order valence-corrected chi connectivity index (χ2v) is 4.39. The summed E-state index contributed by atoms with van der Waals surface area (Å²) in [6, 6.07) is 8.12. The molecule has 0 atom stereocenters. The number of hydrogen-bond donors (Lipinski definition) is 1. The van der Waals surface area contributed by atoms with E-state index in [9.17, 15) is 0 Å². The van der Waals surface area contributed by atoms with Crippen LogP contribution in [0.1, 0.15) is 12.0 Å². The number of aliphatic hydroxyl groups is 1. The molecule has 0 aliphatic rings. The highest BCUT2D eigenvalue weighted by Gasteiger charge is 2.02. The van der Waals surface area contributed by atoms with Gasteiger partial charge in [-0.05, 0) is 17.6 Å². The fourth-order valence-electron chi connectivity index (χ4n) is 1.49. The number of aliphatic hydroxyl groups excluding tert-OH is 1. The van der Waals surface area contributed by atoms with Crippen molar-refractivity contribution in [2.24, 2.45) is 0 Å². The Morgan fingerprint density at radius 1 is 1.31 bits per heavy atom. The molecule has 1 aromatic carbocycles. The van der Waals surface area contributed by atoms with Gasteiger partial charge in [0.1, 0.15) is 5.01 Å². The third-order valence-corrected chi connectivity index (χ3v) is 3.21. The highest BCUT2D eigenvalue weighted by molar-refractivity contribution is 7.13. The summed E-state index contributed by atoms with van der Waals surface area (Å²) in [5.74, 6) is 0. The molecule has 2 aromatic rings. The van der Waals surface area contributed by atoms with Gasteiger partial charge in [-0.2, -0.15) is 0 Å². The first-order chi connectivity index (χ1) is 7.81. The lowest BCUT2D eigenvalue weighted by Crippen LogP contribution is -1.87. The van der Waals surface area contributed by atoms with Gasteiger partial charge in [0.05, 0.1) is 0 Å². The summed E-state index contributed by atoms with van der Waals surface area (Å²) >= 11 is 1.63. The third-order valence-electron chi connectivity index (χ3n) is 2.39. The molecule has 0 fully saturated rings. The summed E-state index contributed by atoms with van der Waals surface area (Å²) in [5, 5.41) is 11.8. The summed E-state index contributed by atoms with van der Waals surface area (Å²) < 4.78 is 0. The van der Waals surface area contributed by atoms with Gasteiger partial charge in [0.25, 0.3) is 0 Å². The summed E-state index contributed by atoms with van der Waals surface area (Å²) in [6.07, 6.45) is 2.43. The lowest BCUT2D eigenvalue weighted by molar-refractivity contribution is 0.305. The SMILES string of the molecule is C=C(CCO)c1ccc(-c2nccs2)cc1. The summed E-state index contributed by atoms with van der Waals surface area (Å²) in [4.78, 5) is 4.25. The molecule has 0 amide bonds. The van der Waals surface area contributed by atoms with Crippen molar-refractivity contribution >= 4 is 16.9 Å². The lowest BCUT2D eigenvalue weighted by atomic mass is 10.0. The molecular weight excluding hydrogens is 218 g/mol. The van der Waals surface area contributed by atoms with Crippen LogP contribution in [-0.2, 0) is 0 Å². The van der Waals surface area contributed by atoms with Gasteiger partial charge in [-0.25, -0.2) is 4.98 Å². The van der Waals surface area contributed by atoms with Crippen molar-refractivity contribution in [3.05, 3.63) is 48.0 Å². The van der Waals surface area contributed by atoms with Crippen molar-refractivity contribution in [2.75, 3.05) is 6.61 Å². The van der Waals surface area contributed by atoms with Gasteiger partial charge < -0.3 is 5.11 Å². The topological polar surface area (TPSA) is 33.1 Å². The zero-order chi connectivity index (χ0) is 11.4. The van der Waals surface area contributed by atoms with Gasteiger partial charge >= 0.3 is 0 Å². The largest absolute Gasteiger partial charge is 0.396 e. The predicted octanol–water partition coefficient (Wildman–Crippen LogP) is 3.21. The van der Waals surface area contributed by atoms with E-state index in [0.717, 1.165) is 21.7 Å². The summed E-state index contributed by atoms with van der Waals surface area (Å²) in [7, 11) is 0. The maximum atomic E-state index is 8.83. The number of aromatic nitrogens is 1. The standard InChI is InChI=1S/C13H13NOS/c1-10(6-8-15)11-2-4-12(5-3-11)13-14-7-9-16-13/h2-5,7,9,15H,1,6,8H2. The van der Waals surface area contributed by atoms with E-state index < -0.39 is 0 Å². The van der Waals surface area contributed by atoms with Crippen molar-refractivity contribution in [2.45, 2.75) is 6.42 Å². The molecule has 0 saturated carbocycles. The van der Waals surface area contributed by atoms with E-state index in [2.05, 4.69) is 11.6 Å². The molecule has 0 spiro atoms. The third kappa shape index (κ3) is 2.38. The van der Waals surface area contributed by atoms with Crippen LogP contribution in [-0.4, -0.2) is 16.7 Å². The molecule has 2 rings (SSSR count). The number of thiazole rings is 1. The first-order valence-electron chi connectivity index (χ1n) is 5.10. The van der Waals surface area contributed by atoms with Crippen LogP contribution in [0.4, 0.5) is 0 Å². The lowest BCUT2D eigenvalue weighted by Gasteiger charge is -2.04. The van der Waals surface area contributed by atoms with Crippen LogP contribution in [0, 0.1) is 0 Å². The minimum absolute atomic E-state index is 0.146. The number of rotatable bonds is 4. The van der Waals surface area contributed by atoms with Gasteiger partial charge in [-0.15, -0.1) is 11.3 Å². The maximum absolute atomic E-state index is 8.83. The molecule has 0 unspecified atom stereocenters. The van der Waals surface area contributed by atoms with Crippen LogP contribution in [0.3, 0.4) is 0 Å². The molecule has 0 saturated heterocycles. The Hall–Kier alpha value is -1.45. The van der Waals surface area contributed by atoms with Gasteiger partial charge in [0, 0.05) is 23.7 Å². The first kappa shape index (κ1) is 11.0. The van der Waals surface area contributed by atoms with Crippen LogP contribution in [0.15, 0.2) is 42.4 Å². The van der Waals surface area contributed by atoms with E-state index in [4.69, 9.17) is 5.11 Å². The van der Waals surface area contributed by atoms with E-state index >= 15 is 0 Å². The van der Waals surface area contributed by atoms with E-state index in [1.165, 1.54) is 0 Å². The van der Waals surface area contributed by atoms with E-state index in [1.54, 1.807) is 17.5 Å². The molecule has 16 heavy (non-hydrogen) atoms. The van der Waals surface area contributed by atoms with E-state index in [1.807, 2.05) is 29.6 Å². The Balaban J connectivity index is 2.20. The molecule has 3 heteroatoms. The van der Waals surface area contributed by atoms with E-state index in [0.29, 0.717) is 6.42 Å². The molecule has 0 aliphatic heterocycles. The molecule has 1 heterocycles. The number of benzene rings is 1. The molecular formula is C13H13NOS. The molecule has 1 N–H and O–H groups in total. The Morgan fingerprint density at radius 2 is 2.06 bits per heavy atom. The quantitative estimate of drug-likeness (QED) is 0.876. The second kappa shape index (κ2) is 5.05. The summed E-state index contributed by atoms with van der Waals surface area (Å²) in [5.41, 5.74) is 3.16. The van der Waals surface area contributed by atoms with Crippen molar-refractivity contribution in [1.82, 2.24) is 4.98 Å². The molecule has 0 radical (unpaired) electrons. The second-order valence-electron chi connectivity index (χ2n) is 3.49. The number of nitrogens with zero attached hydrogens (tertiary/aromatic N) is 1. The average molecular weight is 231 g/mol. The number of hydrogen-bond acceptors (Lipinski definition) is 3. The van der Waals surface area contributed by atoms with Gasteiger partial charge in [0.15, 0.2) is 0 Å².